The Morgan fingerprint density at radius 3 is 2.85 bits per heavy atom. The van der Waals surface area contributed by atoms with E-state index in [2.05, 4.69) is 20.8 Å². The van der Waals surface area contributed by atoms with Crippen LogP contribution in [0.2, 0.25) is 0 Å². The first-order valence-electron chi connectivity index (χ1n) is 6.23. The molecule has 7 heteroatoms. The van der Waals surface area contributed by atoms with E-state index in [1.54, 1.807) is 18.2 Å². The highest BCUT2D eigenvalue weighted by molar-refractivity contribution is 7.12. The summed E-state index contributed by atoms with van der Waals surface area (Å²) in [4.78, 5) is 23.9. The number of carbonyl (C=O) groups excluding carboxylic acids is 2. The average molecular weight is 292 g/mol. The first kappa shape index (κ1) is 14.3. The number of aromatic nitrogens is 2. The van der Waals surface area contributed by atoms with Crippen molar-refractivity contribution in [3.05, 3.63) is 34.2 Å². The third-order valence-electron chi connectivity index (χ3n) is 2.64. The molecule has 0 radical (unpaired) electrons. The van der Waals surface area contributed by atoms with E-state index < -0.39 is 0 Å². The number of carbonyl (C=O) groups is 2. The first-order valence-corrected chi connectivity index (χ1v) is 7.11. The van der Waals surface area contributed by atoms with Crippen molar-refractivity contribution >= 4 is 29.0 Å². The second kappa shape index (κ2) is 6.33. The number of amides is 2. The van der Waals surface area contributed by atoms with Crippen molar-refractivity contribution in [3.8, 4) is 0 Å². The highest BCUT2D eigenvalue weighted by Gasteiger charge is 2.10. The van der Waals surface area contributed by atoms with Crippen LogP contribution in [0.3, 0.4) is 0 Å². The topological polar surface area (TPSA) is 86.9 Å². The quantitative estimate of drug-likeness (QED) is 0.787. The summed E-state index contributed by atoms with van der Waals surface area (Å²) in [5, 5.41) is 13.8. The van der Waals surface area contributed by atoms with Crippen LogP contribution < -0.4 is 10.6 Å². The average Bonchev–Trinajstić information content (AvgIpc) is 3.06. The lowest BCUT2D eigenvalue weighted by Crippen LogP contribution is -2.32. The summed E-state index contributed by atoms with van der Waals surface area (Å²) in [6.07, 6.45) is 0. The Balaban J connectivity index is 1.82. The summed E-state index contributed by atoms with van der Waals surface area (Å²) in [5.41, 5.74) is 0.947. The molecule has 6 nitrogen and oxygen atoms in total. The number of rotatable bonds is 5. The Labute approximate surface area is 120 Å². The van der Waals surface area contributed by atoms with E-state index >= 15 is 0 Å². The van der Waals surface area contributed by atoms with Crippen LogP contribution in [-0.4, -0.2) is 28.6 Å². The van der Waals surface area contributed by atoms with Gasteiger partial charge in [-0.1, -0.05) is 19.9 Å². The van der Waals surface area contributed by atoms with Gasteiger partial charge in [-0.2, -0.15) is 5.10 Å². The van der Waals surface area contributed by atoms with Gasteiger partial charge in [0.1, 0.15) is 0 Å². The minimum atomic E-state index is -0.309. The predicted octanol–water partition coefficient (Wildman–Crippen LogP) is 1.96. The molecule has 2 amide bonds. The summed E-state index contributed by atoms with van der Waals surface area (Å²) < 4.78 is 0. The lowest BCUT2D eigenvalue weighted by Gasteiger charge is -2.03. The van der Waals surface area contributed by atoms with Gasteiger partial charge in [-0.25, -0.2) is 0 Å². The number of hydrogen-bond donors (Lipinski definition) is 3. The van der Waals surface area contributed by atoms with E-state index in [0.717, 1.165) is 5.69 Å². The predicted molar refractivity (Wildman–Crippen MR) is 78.0 cm³/mol. The van der Waals surface area contributed by atoms with E-state index in [1.807, 2.05) is 19.2 Å². The molecule has 0 saturated carbocycles. The zero-order valence-corrected chi connectivity index (χ0v) is 12.1. The summed E-state index contributed by atoms with van der Waals surface area (Å²) >= 11 is 1.33. The van der Waals surface area contributed by atoms with Gasteiger partial charge in [0.2, 0.25) is 5.91 Å². The number of thiophene rings is 1. The molecule has 0 aromatic carbocycles. The fraction of sp³-hybridized carbons (Fsp3) is 0.308. The summed E-state index contributed by atoms with van der Waals surface area (Å²) in [6.45, 7) is 3.97. The van der Waals surface area contributed by atoms with Crippen LogP contribution in [-0.2, 0) is 4.79 Å². The Morgan fingerprint density at radius 2 is 2.25 bits per heavy atom. The molecule has 0 bridgehead atoms. The van der Waals surface area contributed by atoms with Crippen molar-refractivity contribution in [1.29, 1.82) is 0 Å². The van der Waals surface area contributed by atoms with Crippen LogP contribution in [0.25, 0.3) is 0 Å². The van der Waals surface area contributed by atoms with Crippen LogP contribution in [0, 0.1) is 0 Å². The van der Waals surface area contributed by atoms with Crippen molar-refractivity contribution < 1.29 is 9.59 Å². The van der Waals surface area contributed by atoms with E-state index in [-0.39, 0.29) is 18.4 Å². The maximum absolute atomic E-state index is 11.7. The summed E-state index contributed by atoms with van der Waals surface area (Å²) in [5.74, 6) is 0.215. The fourth-order valence-electron chi connectivity index (χ4n) is 1.54. The number of nitrogens with one attached hydrogen (secondary N) is 3. The molecule has 2 rings (SSSR count). The van der Waals surface area contributed by atoms with E-state index in [4.69, 9.17) is 0 Å². The number of H-pyrrole nitrogens is 1. The van der Waals surface area contributed by atoms with Gasteiger partial charge in [0.05, 0.1) is 11.4 Å². The molecule has 0 atom stereocenters. The molecule has 0 saturated heterocycles. The van der Waals surface area contributed by atoms with Crippen molar-refractivity contribution in [2.24, 2.45) is 0 Å². The minimum absolute atomic E-state index is 0.0827. The first-order chi connectivity index (χ1) is 9.56. The van der Waals surface area contributed by atoms with Gasteiger partial charge in [-0.3, -0.25) is 14.7 Å². The lowest BCUT2D eigenvalue weighted by molar-refractivity contribution is -0.115. The smallest absolute Gasteiger partial charge is 0.261 e. The molecule has 3 N–H and O–H groups in total. The number of aromatic amines is 1. The third-order valence-corrected chi connectivity index (χ3v) is 3.51. The summed E-state index contributed by atoms with van der Waals surface area (Å²) in [6, 6.07) is 5.28. The molecule has 2 aromatic rings. The van der Waals surface area contributed by atoms with E-state index in [9.17, 15) is 9.59 Å². The normalized spacial score (nSPS) is 10.6. The molecule has 2 heterocycles. The molecule has 0 aliphatic heterocycles. The number of hydrogen-bond acceptors (Lipinski definition) is 4. The molecular formula is C13H16N4O2S. The molecule has 106 valence electrons. The standard InChI is InChI=1S/C13H16N4O2S/c1-8(2)9-6-11(17-16-9)15-12(18)7-14-13(19)10-4-3-5-20-10/h3-6,8H,7H2,1-2H3,(H,14,19)(H2,15,16,17,18). The third kappa shape index (κ3) is 3.67. The Kier molecular flexibility index (Phi) is 4.52. The zero-order valence-electron chi connectivity index (χ0n) is 11.3. The van der Waals surface area contributed by atoms with Crippen molar-refractivity contribution in [1.82, 2.24) is 15.5 Å². The molecule has 2 aromatic heterocycles. The van der Waals surface area contributed by atoms with Crippen LogP contribution >= 0.6 is 11.3 Å². The maximum Gasteiger partial charge on any atom is 0.261 e. The molecule has 20 heavy (non-hydrogen) atoms. The van der Waals surface area contributed by atoms with E-state index in [0.29, 0.717) is 16.6 Å². The molecule has 0 aliphatic rings. The van der Waals surface area contributed by atoms with Crippen molar-refractivity contribution in [2.75, 3.05) is 11.9 Å². The van der Waals surface area contributed by atoms with Crippen molar-refractivity contribution in [3.63, 3.8) is 0 Å². The fourth-order valence-corrected chi connectivity index (χ4v) is 2.18. The van der Waals surface area contributed by atoms with Gasteiger partial charge in [0.15, 0.2) is 5.82 Å². The Bertz CT molecular complexity index is 589. The van der Waals surface area contributed by atoms with E-state index in [1.165, 1.54) is 11.3 Å². The highest BCUT2D eigenvalue weighted by Crippen LogP contribution is 2.14. The summed E-state index contributed by atoms with van der Waals surface area (Å²) in [7, 11) is 0. The van der Waals surface area contributed by atoms with Gasteiger partial charge < -0.3 is 10.6 Å². The van der Waals surface area contributed by atoms with Crippen molar-refractivity contribution in [2.45, 2.75) is 19.8 Å². The van der Waals surface area contributed by atoms with Crippen LogP contribution in [0.5, 0.6) is 0 Å². The largest absolute Gasteiger partial charge is 0.342 e. The second-order valence-corrected chi connectivity index (χ2v) is 5.52. The Morgan fingerprint density at radius 1 is 1.45 bits per heavy atom. The number of anilines is 1. The molecular weight excluding hydrogens is 276 g/mol. The van der Waals surface area contributed by atoms with Gasteiger partial charge in [0.25, 0.3) is 5.91 Å². The van der Waals surface area contributed by atoms with Crippen LogP contribution in [0.1, 0.15) is 35.1 Å². The lowest BCUT2D eigenvalue weighted by atomic mass is 10.1. The number of nitrogens with zero attached hydrogens (tertiary/aromatic N) is 1. The molecule has 0 aliphatic carbocycles. The maximum atomic E-state index is 11.7. The molecule has 0 spiro atoms. The monoisotopic (exact) mass is 292 g/mol. The van der Waals surface area contributed by atoms with Gasteiger partial charge >= 0.3 is 0 Å². The Hall–Kier alpha value is -2.15. The molecule has 0 unspecified atom stereocenters. The van der Waals surface area contributed by atoms with Gasteiger partial charge in [0, 0.05) is 11.8 Å². The highest BCUT2D eigenvalue weighted by atomic mass is 32.1. The second-order valence-electron chi connectivity index (χ2n) is 4.57. The van der Waals surface area contributed by atoms with Crippen LogP contribution in [0.4, 0.5) is 5.82 Å². The SMILES string of the molecule is CC(C)c1cc(NC(=O)CNC(=O)c2cccs2)n[nH]1. The van der Waals surface area contributed by atoms with Crippen LogP contribution in [0.15, 0.2) is 23.6 Å². The zero-order chi connectivity index (χ0) is 14.5. The van der Waals surface area contributed by atoms with Gasteiger partial charge in [-0.15, -0.1) is 11.3 Å². The minimum Gasteiger partial charge on any atom is -0.342 e. The molecule has 0 fully saturated rings. The van der Waals surface area contributed by atoms with Gasteiger partial charge in [-0.05, 0) is 17.4 Å².